The Labute approximate surface area is 112 Å². The molecule has 0 saturated heterocycles. The second kappa shape index (κ2) is 3.69. The van der Waals surface area contributed by atoms with Crippen molar-refractivity contribution in [3.05, 3.63) is 11.1 Å². The maximum Gasteiger partial charge on any atom is 0.334 e. The molecule has 0 aromatic carbocycles. The van der Waals surface area contributed by atoms with Gasteiger partial charge in [-0.3, -0.25) is 4.79 Å². The molecule has 0 amide bonds. The Morgan fingerprint density at radius 3 is 2.68 bits per heavy atom. The first kappa shape index (κ1) is 12.9. The molecule has 1 heterocycles. The van der Waals surface area contributed by atoms with Gasteiger partial charge in [-0.25, -0.2) is 4.79 Å². The molecule has 0 unspecified atom stereocenters. The van der Waals surface area contributed by atoms with Crippen LogP contribution in [0.1, 0.15) is 46.5 Å². The standard InChI is InChI=1S/C15H20O4/c1-8-9-6-11-14(2,7-10(9)19-13(8)17)12(16)4-5-15(11,3)18/h10-11,18H,4-7H2,1-3H3/t10-,11+,14+,15-/m0/s1. The second-order valence-electron chi connectivity index (χ2n) is 6.70. The first-order valence-corrected chi connectivity index (χ1v) is 6.92. The number of fused-ring (bicyclic) bond motifs is 2. The van der Waals surface area contributed by atoms with Gasteiger partial charge in [0.1, 0.15) is 11.9 Å². The molecule has 0 radical (unpaired) electrons. The van der Waals surface area contributed by atoms with Crippen LogP contribution in [0.2, 0.25) is 0 Å². The van der Waals surface area contributed by atoms with Gasteiger partial charge in [0.15, 0.2) is 0 Å². The van der Waals surface area contributed by atoms with Crippen LogP contribution in [0.25, 0.3) is 0 Å². The summed E-state index contributed by atoms with van der Waals surface area (Å²) in [4.78, 5) is 24.0. The van der Waals surface area contributed by atoms with E-state index in [1.165, 1.54) is 0 Å². The predicted molar refractivity (Wildman–Crippen MR) is 68.3 cm³/mol. The van der Waals surface area contributed by atoms with E-state index >= 15 is 0 Å². The van der Waals surface area contributed by atoms with Gasteiger partial charge >= 0.3 is 5.97 Å². The number of carbonyl (C=O) groups excluding carboxylic acids is 2. The number of aliphatic hydroxyl groups is 1. The molecule has 1 N–H and O–H groups in total. The van der Waals surface area contributed by atoms with Crippen molar-refractivity contribution in [3.63, 3.8) is 0 Å². The summed E-state index contributed by atoms with van der Waals surface area (Å²) in [5, 5.41) is 10.6. The Balaban J connectivity index is 2.04. The van der Waals surface area contributed by atoms with Gasteiger partial charge in [-0.1, -0.05) is 6.92 Å². The molecule has 4 nitrogen and oxygen atoms in total. The summed E-state index contributed by atoms with van der Waals surface area (Å²) in [5.74, 6) is -0.185. The Hall–Kier alpha value is -1.16. The van der Waals surface area contributed by atoms with Crippen LogP contribution >= 0.6 is 0 Å². The van der Waals surface area contributed by atoms with E-state index in [2.05, 4.69) is 0 Å². The second-order valence-corrected chi connectivity index (χ2v) is 6.70. The fourth-order valence-electron chi connectivity index (χ4n) is 4.12. The molecule has 2 saturated carbocycles. The van der Waals surface area contributed by atoms with E-state index in [-0.39, 0.29) is 23.8 Å². The average molecular weight is 264 g/mol. The lowest BCUT2D eigenvalue weighted by Gasteiger charge is -2.52. The summed E-state index contributed by atoms with van der Waals surface area (Å²) in [7, 11) is 0. The first-order chi connectivity index (χ1) is 8.75. The number of hydrogen-bond acceptors (Lipinski definition) is 4. The third kappa shape index (κ3) is 1.62. The highest BCUT2D eigenvalue weighted by Crippen LogP contribution is 2.55. The van der Waals surface area contributed by atoms with Crippen molar-refractivity contribution >= 4 is 11.8 Å². The van der Waals surface area contributed by atoms with Crippen LogP contribution in [0.15, 0.2) is 11.1 Å². The zero-order valence-electron chi connectivity index (χ0n) is 11.7. The van der Waals surface area contributed by atoms with Gasteiger partial charge in [0.25, 0.3) is 0 Å². The van der Waals surface area contributed by atoms with E-state index in [0.29, 0.717) is 31.3 Å². The molecular weight excluding hydrogens is 244 g/mol. The predicted octanol–water partition coefficient (Wildman–Crippen LogP) is 1.76. The summed E-state index contributed by atoms with van der Waals surface area (Å²) in [6.45, 7) is 5.52. The number of ether oxygens (including phenoxy) is 1. The highest BCUT2D eigenvalue weighted by Gasteiger charge is 2.58. The van der Waals surface area contributed by atoms with Crippen LogP contribution in [0.5, 0.6) is 0 Å². The molecule has 19 heavy (non-hydrogen) atoms. The molecule has 1 aliphatic heterocycles. The third-order valence-corrected chi connectivity index (χ3v) is 5.47. The third-order valence-electron chi connectivity index (χ3n) is 5.47. The summed E-state index contributed by atoms with van der Waals surface area (Å²) < 4.78 is 5.36. The van der Waals surface area contributed by atoms with E-state index < -0.39 is 11.0 Å². The minimum Gasteiger partial charge on any atom is -0.454 e. The van der Waals surface area contributed by atoms with Crippen LogP contribution in [0, 0.1) is 11.3 Å². The molecule has 3 rings (SSSR count). The van der Waals surface area contributed by atoms with Gasteiger partial charge in [0.2, 0.25) is 0 Å². The number of carbonyl (C=O) groups is 2. The molecule has 0 aromatic heterocycles. The number of rotatable bonds is 0. The Morgan fingerprint density at radius 1 is 1.32 bits per heavy atom. The normalized spacial score (nSPS) is 45.9. The van der Waals surface area contributed by atoms with Gasteiger partial charge in [-0.2, -0.15) is 0 Å². The van der Waals surface area contributed by atoms with Crippen LogP contribution in [-0.4, -0.2) is 28.6 Å². The fourth-order valence-corrected chi connectivity index (χ4v) is 4.12. The number of ketones is 1. The smallest absolute Gasteiger partial charge is 0.334 e. The number of esters is 1. The highest BCUT2D eigenvalue weighted by atomic mass is 16.5. The van der Waals surface area contributed by atoms with Crippen molar-refractivity contribution in [2.45, 2.75) is 58.2 Å². The Bertz CT molecular complexity index is 502. The number of hydrogen-bond donors (Lipinski definition) is 1. The van der Waals surface area contributed by atoms with Crippen LogP contribution in [0.4, 0.5) is 0 Å². The lowest BCUT2D eigenvalue weighted by atomic mass is 9.53. The average Bonchev–Trinajstić information content (AvgIpc) is 2.59. The van der Waals surface area contributed by atoms with Gasteiger partial charge < -0.3 is 9.84 Å². The summed E-state index contributed by atoms with van der Waals surface area (Å²) in [6, 6.07) is 0. The van der Waals surface area contributed by atoms with E-state index in [9.17, 15) is 14.7 Å². The Morgan fingerprint density at radius 2 is 2.00 bits per heavy atom. The maximum atomic E-state index is 12.3. The molecular formula is C15H20O4. The fraction of sp³-hybridized carbons (Fsp3) is 0.733. The molecule has 3 aliphatic rings. The minimum atomic E-state index is -0.841. The lowest BCUT2D eigenvalue weighted by Crippen LogP contribution is -2.56. The summed E-state index contributed by atoms with van der Waals surface area (Å²) in [6.07, 6.45) is 1.78. The molecule has 0 spiro atoms. The zero-order chi connectivity index (χ0) is 14.0. The van der Waals surface area contributed by atoms with E-state index in [1.807, 2.05) is 13.8 Å². The van der Waals surface area contributed by atoms with Gasteiger partial charge in [0, 0.05) is 29.7 Å². The lowest BCUT2D eigenvalue weighted by molar-refractivity contribution is -0.163. The van der Waals surface area contributed by atoms with Crippen molar-refractivity contribution in [3.8, 4) is 0 Å². The zero-order valence-corrected chi connectivity index (χ0v) is 11.7. The molecule has 4 atom stereocenters. The van der Waals surface area contributed by atoms with Gasteiger partial charge in [-0.05, 0) is 32.3 Å². The van der Waals surface area contributed by atoms with Crippen molar-refractivity contribution in [2.75, 3.05) is 0 Å². The van der Waals surface area contributed by atoms with Crippen molar-refractivity contribution in [1.82, 2.24) is 0 Å². The van der Waals surface area contributed by atoms with Gasteiger partial charge in [0.05, 0.1) is 5.60 Å². The van der Waals surface area contributed by atoms with Crippen molar-refractivity contribution < 1.29 is 19.4 Å². The minimum absolute atomic E-state index is 0.114. The SMILES string of the molecule is CC1=C2C[C@H]3[C@@](C)(O)CCC(=O)[C@]3(C)C[C@@H]2OC1=O. The summed E-state index contributed by atoms with van der Waals surface area (Å²) >= 11 is 0. The maximum absolute atomic E-state index is 12.3. The van der Waals surface area contributed by atoms with Crippen LogP contribution < -0.4 is 0 Å². The Kier molecular flexibility index (Phi) is 2.50. The summed E-state index contributed by atoms with van der Waals surface area (Å²) in [5.41, 5.74) is 0.246. The van der Waals surface area contributed by atoms with Gasteiger partial charge in [-0.15, -0.1) is 0 Å². The molecule has 0 aromatic rings. The van der Waals surface area contributed by atoms with Crippen molar-refractivity contribution in [1.29, 1.82) is 0 Å². The molecule has 0 bridgehead atoms. The largest absolute Gasteiger partial charge is 0.454 e. The van der Waals surface area contributed by atoms with E-state index in [1.54, 1.807) is 6.92 Å². The molecule has 4 heteroatoms. The van der Waals surface area contributed by atoms with E-state index in [0.717, 1.165) is 5.57 Å². The van der Waals surface area contributed by atoms with Crippen LogP contribution in [-0.2, 0) is 14.3 Å². The molecule has 2 fully saturated rings. The van der Waals surface area contributed by atoms with E-state index in [4.69, 9.17) is 4.74 Å². The first-order valence-electron chi connectivity index (χ1n) is 6.92. The topological polar surface area (TPSA) is 63.6 Å². The quantitative estimate of drug-likeness (QED) is 0.677. The highest BCUT2D eigenvalue weighted by molar-refractivity contribution is 5.93. The molecule has 104 valence electrons. The monoisotopic (exact) mass is 264 g/mol. The molecule has 2 aliphatic carbocycles. The van der Waals surface area contributed by atoms with Crippen LogP contribution in [0.3, 0.4) is 0 Å². The van der Waals surface area contributed by atoms with Crippen molar-refractivity contribution in [2.24, 2.45) is 11.3 Å². The number of Topliss-reactive ketones (excluding diaryl/α,β-unsaturated/α-hetero) is 1.